The highest BCUT2D eigenvalue weighted by Crippen LogP contribution is 2.22. The van der Waals surface area contributed by atoms with Crippen molar-refractivity contribution in [2.75, 3.05) is 6.54 Å². The highest BCUT2D eigenvalue weighted by Gasteiger charge is 2.21. The molecule has 0 saturated carbocycles. The van der Waals surface area contributed by atoms with Gasteiger partial charge in [-0.3, -0.25) is 14.6 Å². The van der Waals surface area contributed by atoms with E-state index in [-0.39, 0.29) is 18.2 Å². The van der Waals surface area contributed by atoms with Crippen molar-refractivity contribution < 1.29 is 9.59 Å². The summed E-state index contributed by atoms with van der Waals surface area (Å²) in [6, 6.07) is 15.4. The van der Waals surface area contributed by atoms with Gasteiger partial charge < -0.3 is 11.1 Å². The summed E-state index contributed by atoms with van der Waals surface area (Å²) >= 11 is 1.58. The molecule has 126 valence electrons. The number of amides is 1. The van der Waals surface area contributed by atoms with E-state index in [2.05, 4.69) is 10.3 Å². The summed E-state index contributed by atoms with van der Waals surface area (Å²) in [4.78, 5) is 30.2. The number of Topliss-reactive ketones (excluding diaryl/α,β-unsaturated/α-hetero) is 1. The van der Waals surface area contributed by atoms with Crippen LogP contribution < -0.4 is 11.1 Å². The topological polar surface area (TPSA) is 85.1 Å². The van der Waals surface area contributed by atoms with Gasteiger partial charge in [-0.05, 0) is 23.6 Å². The first-order valence-electron chi connectivity index (χ1n) is 7.79. The Bertz CT molecular complexity index is 846. The zero-order chi connectivity index (χ0) is 17.6. The van der Waals surface area contributed by atoms with Gasteiger partial charge in [-0.1, -0.05) is 36.4 Å². The molecular formula is C19H17N3O2S. The molecule has 5 nitrogen and oxygen atoms in total. The summed E-state index contributed by atoms with van der Waals surface area (Å²) < 4.78 is 0. The van der Waals surface area contributed by atoms with Crippen molar-refractivity contribution in [3.05, 3.63) is 77.3 Å². The van der Waals surface area contributed by atoms with Crippen LogP contribution in [0.4, 0.5) is 0 Å². The highest BCUT2D eigenvalue weighted by atomic mass is 32.1. The molecule has 3 N–H and O–H groups in total. The number of rotatable bonds is 6. The van der Waals surface area contributed by atoms with Gasteiger partial charge in [0.25, 0.3) is 5.91 Å². The number of carbonyl (C=O) groups excluding carboxylic acids is 2. The Balaban J connectivity index is 1.71. The Morgan fingerprint density at radius 1 is 1.04 bits per heavy atom. The van der Waals surface area contributed by atoms with Gasteiger partial charge in [0.05, 0.1) is 16.1 Å². The number of hydrogen-bond donors (Lipinski definition) is 2. The van der Waals surface area contributed by atoms with Gasteiger partial charge in [0.2, 0.25) is 0 Å². The number of pyridine rings is 1. The zero-order valence-electron chi connectivity index (χ0n) is 13.4. The summed E-state index contributed by atoms with van der Waals surface area (Å²) in [6.07, 6.45) is 1.50. The molecule has 2 heterocycles. The van der Waals surface area contributed by atoms with Gasteiger partial charge in [0.1, 0.15) is 6.04 Å². The monoisotopic (exact) mass is 351 g/mol. The molecule has 0 aliphatic carbocycles. The normalized spacial score (nSPS) is 11.7. The van der Waals surface area contributed by atoms with E-state index in [0.29, 0.717) is 11.1 Å². The van der Waals surface area contributed by atoms with Crippen molar-refractivity contribution in [1.29, 1.82) is 0 Å². The highest BCUT2D eigenvalue weighted by molar-refractivity contribution is 7.13. The van der Waals surface area contributed by atoms with E-state index in [4.69, 9.17) is 5.73 Å². The van der Waals surface area contributed by atoms with Gasteiger partial charge in [-0.15, -0.1) is 11.3 Å². The van der Waals surface area contributed by atoms with Gasteiger partial charge in [-0.25, -0.2) is 0 Å². The second-order valence-corrected chi connectivity index (χ2v) is 6.35. The maximum absolute atomic E-state index is 12.4. The molecular weight excluding hydrogens is 334 g/mol. The summed E-state index contributed by atoms with van der Waals surface area (Å²) in [6.45, 7) is 0.0280. The fourth-order valence-electron chi connectivity index (χ4n) is 2.37. The predicted octanol–water partition coefficient (Wildman–Crippen LogP) is 2.75. The Labute approximate surface area is 149 Å². The molecule has 6 heteroatoms. The first kappa shape index (κ1) is 17.0. The molecule has 1 amide bonds. The van der Waals surface area contributed by atoms with Crippen LogP contribution in [0.3, 0.4) is 0 Å². The van der Waals surface area contributed by atoms with Gasteiger partial charge in [0.15, 0.2) is 5.78 Å². The Hall–Kier alpha value is -2.83. The molecule has 0 radical (unpaired) electrons. The van der Waals surface area contributed by atoms with E-state index in [1.54, 1.807) is 47.7 Å². The van der Waals surface area contributed by atoms with Crippen LogP contribution >= 0.6 is 11.3 Å². The van der Waals surface area contributed by atoms with E-state index in [1.807, 2.05) is 23.6 Å². The smallest absolute Gasteiger partial charge is 0.253 e. The van der Waals surface area contributed by atoms with E-state index in [1.165, 1.54) is 6.20 Å². The first-order valence-corrected chi connectivity index (χ1v) is 8.67. The Morgan fingerprint density at radius 3 is 2.44 bits per heavy atom. The molecule has 0 spiro atoms. The molecule has 3 aromatic rings. The van der Waals surface area contributed by atoms with Crippen LogP contribution in [0, 0.1) is 0 Å². The lowest BCUT2D eigenvalue weighted by Gasteiger charge is -2.16. The molecule has 0 saturated heterocycles. The minimum absolute atomic E-state index is 0.0280. The number of nitrogens with one attached hydrogen (secondary N) is 1. The van der Waals surface area contributed by atoms with E-state index < -0.39 is 6.04 Å². The third-order valence-electron chi connectivity index (χ3n) is 3.72. The number of hydrogen-bond acceptors (Lipinski definition) is 5. The van der Waals surface area contributed by atoms with Crippen molar-refractivity contribution in [1.82, 2.24) is 10.3 Å². The standard InChI is InChI=1S/C19H17N3O2S/c20-11-16(18(23)13-5-2-1-3-6-13)22-19(24)14-8-9-15(21-12-14)17-7-4-10-25-17/h1-10,12,16H,11,20H2,(H,22,24). The number of benzene rings is 1. The number of thiophene rings is 1. The molecule has 3 rings (SSSR count). The van der Waals surface area contributed by atoms with Gasteiger partial charge in [0, 0.05) is 18.3 Å². The third-order valence-corrected chi connectivity index (χ3v) is 4.61. The lowest BCUT2D eigenvalue weighted by Crippen LogP contribution is -2.45. The number of nitrogens with zero attached hydrogens (tertiary/aromatic N) is 1. The van der Waals surface area contributed by atoms with E-state index in [9.17, 15) is 9.59 Å². The molecule has 0 bridgehead atoms. The zero-order valence-corrected chi connectivity index (χ0v) is 14.2. The molecule has 2 aromatic heterocycles. The van der Waals surface area contributed by atoms with Crippen molar-refractivity contribution >= 4 is 23.0 Å². The first-order chi connectivity index (χ1) is 12.2. The van der Waals surface area contributed by atoms with Crippen LogP contribution in [0.2, 0.25) is 0 Å². The molecule has 25 heavy (non-hydrogen) atoms. The number of ketones is 1. The molecule has 0 aliphatic rings. The number of nitrogens with two attached hydrogens (primary N) is 1. The maximum atomic E-state index is 12.4. The number of aromatic nitrogens is 1. The molecule has 1 aromatic carbocycles. The average Bonchev–Trinajstić information content (AvgIpc) is 3.21. The second-order valence-electron chi connectivity index (χ2n) is 5.40. The third kappa shape index (κ3) is 3.99. The van der Waals surface area contributed by atoms with Crippen molar-refractivity contribution in [2.45, 2.75) is 6.04 Å². The van der Waals surface area contributed by atoms with E-state index in [0.717, 1.165) is 10.6 Å². The Morgan fingerprint density at radius 2 is 1.84 bits per heavy atom. The summed E-state index contributed by atoms with van der Waals surface area (Å²) in [5.41, 5.74) is 7.39. The van der Waals surface area contributed by atoms with E-state index >= 15 is 0 Å². The molecule has 0 aliphatic heterocycles. The minimum Gasteiger partial charge on any atom is -0.341 e. The van der Waals surface area contributed by atoms with Crippen molar-refractivity contribution in [2.24, 2.45) is 5.73 Å². The van der Waals surface area contributed by atoms with Crippen LogP contribution in [-0.4, -0.2) is 29.3 Å². The lowest BCUT2D eigenvalue weighted by molar-refractivity contribution is 0.0860. The van der Waals surface area contributed by atoms with Gasteiger partial charge >= 0.3 is 0 Å². The summed E-state index contributed by atoms with van der Waals surface area (Å²) in [5, 5.41) is 4.66. The SMILES string of the molecule is NCC(NC(=O)c1ccc(-c2cccs2)nc1)C(=O)c1ccccc1. The average molecular weight is 351 g/mol. The maximum Gasteiger partial charge on any atom is 0.253 e. The van der Waals surface area contributed by atoms with Crippen molar-refractivity contribution in [3.63, 3.8) is 0 Å². The number of carbonyl (C=O) groups is 2. The molecule has 1 atom stereocenters. The summed E-state index contributed by atoms with van der Waals surface area (Å²) in [7, 11) is 0. The molecule has 1 unspecified atom stereocenters. The van der Waals surface area contributed by atoms with Crippen LogP contribution in [-0.2, 0) is 0 Å². The van der Waals surface area contributed by atoms with Crippen LogP contribution in [0.1, 0.15) is 20.7 Å². The quantitative estimate of drug-likeness (QED) is 0.669. The lowest BCUT2D eigenvalue weighted by atomic mass is 10.0. The van der Waals surface area contributed by atoms with Crippen LogP contribution in [0.5, 0.6) is 0 Å². The van der Waals surface area contributed by atoms with Crippen LogP contribution in [0.15, 0.2) is 66.2 Å². The van der Waals surface area contributed by atoms with Crippen LogP contribution in [0.25, 0.3) is 10.6 Å². The molecule has 0 fully saturated rings. The Kier molecular flexibility index (Phi) is 5.33. The minimum atomic E-state index is -0.771. The van der Waals surface area contributed by atoms with Gasteiger partial charge in [-0.2, -0.15) is 0 Å². The fourth-order valence-corrected chi connectivity index (χ4v) is 3.08. The predicted molar refractivity (Wildman–Crippen MR) is 98.6 cm³/mol. The second kappa shape index (κ2) is 7.83. The summed E-state index contributed by atoms with van der Waals surface area (Å²) in [5.74, 6) is -0.579. The largest absolute Gasteiger partial charge is 0.341 e. The fraction of sp³-hybridized carbons (Fsp3) is 0.105. The van der Waals surface area contributed by atoms with Crippen molar-refractivity contribution in [3.8, 4) is 10.6 Å².